The highest BCUT2D eigenvalue weighted by molar-refractivity contribution is 7.89. The molecule has 8 heteroatoms. The van der Waals surface area contributed by atoms with Crippen molar-refractivity contribution < 1.29 is 8.42 Å². The molecular weight excluding hydrogens is 242 g/mol. The Morgan fingerprint density at radius 2 is 2.24 bits per heavy atom. The number of rotatable bonds is 5. The summed E-state index contributed by atoms with van der Waals surface area (Å²) in [5, 5.41) is 11.4. The molecular formula is C9H17N5O2S. The Balaban J connectivity index is 2.06. The van der Waals surface area contributed by atoms with E-state index in [0.717, 1.165) is 19.4 Å². The van der Waals surface area contributed by atoms with Gasteiger partial charge in [0, 0.05) is 13.1 Å². The van der Waals surface area contributed by atoms with E-state index in [-0.39, 0.29) is 5.75 Å². The summed E-state index contributed by atoms with van der Waals surface area (Å²) >= 11 is 0. The van der Waals surface area contributed by atoms with Gasteiger partial charge in [-0.05, 0) is 23.3 Å². The summed E-state index contributed by atoms with van der Waals surface area (Å²) in [4.78, 5) is 0. The SMILES string of the molecule is CCCCn1nnnc1CN1CCCS1(=O)=O. The van der Waals surface area contributed by atoms with Gasteiger partial charge in [-0.25, -0.2) is 13.1 Å². The Labute approximate surface area is 101 Å². The summed E-state index contributed by atoms with van der Waals surface area (Å²) in [6.45, 7) is 3.70. The van der Waals surface area contributed by atoms with Crippen molar-refractivity contribution in [2.45, 2.75) is 39.3 Å². The first-order valence-electron chi connectivity index (χ1n) is 5.86. The molecule has 0 radical (unpaired) electrons. The van der Waals surface area contributed by atoms with Gasteiger partial charge in [0.2, 0.25) is 10.0 Å². The molecule has 7 nitrogen and oxygen atoms in total. The van der Waals surface area contributed by atoms with Crippen LogP contribution in [-0.4, -0.2) is 45.2 Å². The summed E-state index contributed by atoms with van der Waals surface area (Å²) in [5.41, 5.74) is 0. The monoisotopic (exact) mass is 259 g/mol. The van der Waals surface area contributed by atoms with Crippen LogP contribution in [-0.2, 0) is 23.1 Å². The van der Waals surface area contributed by atoms with Crippen LogP contribution < -0.4 is 0 Å². The lowest BCUT2D eigenvalue weighted by Crippen LogP contribution is -2.27. The number of hydrogen-bond acceptors (Lipinski definition) is 5. The third kappa shape index (κ3) is 2.81. The third-order valence-corrected chi connectivity index (χ3v) is 4.75. The van der Waals surface area contributed by atoms with E-state index in [0.29, 0.717) is 25.3 Å². The van der Waals surface area contributed by atoms with Crippen LogP contribution in [0.2, 0.25) is 0 Å². The number of nitrogens with zero attached hydrogens (tertiary/aromatic N) is 5. The van der Waals surface area contributed by atoms with Crippen molar-refractivity contribution in [3.63, 3.8) is 0 Å². The van der Waals surface area contributed by atoms with Crippen molar-refractivity contribution in [3.8, 4) is 0 Å². The molecule has 2 heterocycles. The molecule has 0 N–H and O–H groups in total. The van der Waals surface area contributed by atoms with E-state index in [9.17, 15) is 8.42 Å². The van der Waals surface area contributed by atoms with Crippen LogP contribution in [0, 0.1) is 0 Å². The fourth-order valence-corrected chi connectivity index (χ4v) is 3.32. The van der Waals surface area contributed by atoms with Gasteiger partial charge in [-0.2, -0.15) is 4.31 Å². The van der Waals surface area contributed by atoms with E-state index in [2.05, 4.69) is 22.4 Å². The largest absolute Gasteiger partial charge is 0.228 e. The quantitative estimate of drug-likeness (QED) is 0.744. The molecule has 0 aromatic carbocycles. The highest BCUT2D eigenvalue weighted by Crippen LogP contribution is 2.15. The normalized spacial score (nSPS) is 19.8. The van der Waals surface area contributed by atoms with Gasteiger partial charge >= 0.3 is 0 Å². The third-order valence-electron chi connectivity index (χ3n) is 2.85. The predicted octanol–water partition coefficient (Wildman–Crippen LogP) is 0.00870. The molecule has 17 heavy (non-hydrogen) atoms. The molecule has 0 spiro atoms. The van der Waals surface area contributed by atoms with Crippen LogP contribution in [0.3, 0.4) is 0 Å². The van der Waals surface area contributed by atoms with Crippen molar-refractivity contribution in [2.75, 3.05) is 12.3 Å². The maximum atomic E-state index is 11.7. The second-order valence-electron chi connectivity index (χ2n) is 4.17. The Hall–Kier alpha value is -1.02. The zero-order chi connectivity index (χ0) is 12.3. The highest BCUT2D eigenvalue weighted by Gasteiger charge is 2.29. The number of unbranched alkanes of at least 4 members (excludes halogenated alkanes) is 1. The predicted molar refractivity (Wildman–Crippen MR) is 61.5 cm³/mol. The van der Waals surface area contributed by atoms with Crippen molar-refractivity contribution in [3.05, 3.63) is 5.82 Å². The van der Waals surface area contributed by atoms with Crippen molar-refractivity contribution in [2.24, 2.45) is 0 Å². The summed E-state index contributed by atoms with van der Waals surface area (Å²) < 4.78 is 26.5. The molecule has 0 aliphatic carbocycles. The average Bonchev–Trinajstić information content (AvgIpc) is 2.84. The smallest absolute Gasteiger partial charge is 0.214 e. The fraction of sp³-hybridized carbons (Fsp3) is 0.889. The van der Waals surface area contributed by atoms with E-state index < -0.39 is 10.0 Å². The molecule has 1 aliphatic rings. The molecule has 1 fully saturated rings. The van der Waals surface area contributed by atoms with Crippen LogP contribution in [0.15, 0.2) is 0 Å². The molecule has 96 valence electrons. The summed E-state index contributed by atoms with van der Waals surface area (Å²) in [5.74, 6) is 0.868. The molecule has 0 unspecified atom stereocenters. The van der Waals surface area contributed by atoms with E-state index in [1.54, 1.807) is 4.68 Å². The lowest BCUT2D eigenvalue weighted by Gasteiger charge is -2.13. The molecule has 0 amide bonds. The molecule has 1 aromatic rings. The zero-order valence-corrected chi connectivity index (χ0v) is 10.7. The summed E-state index contributed by atoms with van der Waals surface area (Å²) in [6, 6.07) is 0. The first kappa shape index (κ1) is 12.4. The molecule has 0 saturated carbocycles. The first-order chi connectivity index (χ1) is 8.13. The molecule has 1 aliphatic heterocycles. The molecule has 2 rings (SSSR count). The van der Waals surface area contributed by atoms with Gasteiger partial charge in [0.05, 0.1) is 12.3 Å². The van der Waals surface area contributed by atoms with E-state index >= 15 is 0 Å². The minimum Gasteiger partial charge on any atom is -0.228 e. The lowest BCUT2D eigenvalue weighted by molar-refractivity contribution is 0.410. The molecule has 1 aromatic heterocycles. The van der Waals surface area contributed by atoms with E-state index in [1.165, 1.54) is 4.31 Å². The maximum Gasteiger partial charge on any atom is 0.214 e. The standard InChI is InChI=1S/C9H17N5O2S/c1-2-3-6-14-9(10-11-12-14)8-13-5-4-7-17(13,15)16/h2-8H2,1H3. The van der Waals surface area contributed by atoms with Gasteiger partial charge in [0.1, 0.15) is 0 Å². The van der Waals surface area contributed by atoms with Crippen LogP contribution in [0.1, 0.15) is 32.0 Å². The first-order valence-corrected chi connectivity index (χ1v) is 7.47. The second kappa shape index (κ2) is 5.09. The van der Waals surface area contributed by atoms with Crippen LogP contribution in [0.5, 0.6) is 0 Å². The van der Waals surface area contributed by atoms with Gasteiger partial charge in [-0.3, -0.25) is 0 Å². The van der Waals surface area contributed by atoms with Crippen LogP contribution in [0.4, 0.5) is 0 Å². The maximum absolute atomic E-state index is 11.7. The Kier molecular flexibility index (Phi) is 3.72. The topological polar surface area (TPSA) is 81.0 Å². The van der Waals surface area contributed by atoms with E-state index in [1.807, 2.05) is 0 Å². The average molecular weight is 259 g/mol. The Morgan fingerprint density at radius 1 is 1.41 bits per heavy atom. The molecule has 0 atom stereocenters. The van der Waals surface area contributed by atoms with Crippen molar-refractivity contribution in [1.82, 2.24) is 24.5 Å². The number of sulfonamides is 1. The van der Waals surface area contributed by atoms with E-state index in [4.69, 9.17) is 0 Å². The molecule has 0 bridgehead atoms. The Morgan fingerprint density at radius 3 is 2.88 bits per heavy atom. The number of aryl methyl sites for hydroxylation is 1. The fourth-order valence-electron chi connectivity index (χ4n) is 1.84. The number of aromatic nitrogens is 4. The second-order valence-corrected chi connectivity index (χ2v) is 6.26. The van der Waals surface area contributed by atoms with Gasteiger partial charge in [-0.1, -0.05) is 13.3 Å². The van der Waals surface area contributed by atoms with Gasteiger partial charge in [-0.15, -0.1) is 5.10 Å². The van der Waals surface area contributed by atoms with Crippen molar-refractivity contribution >= 4 is 10.0 Å². The van der Waals surface area contributed by atoms with Crippen molar-refractivity contribution in [1.29, 1.82) is 0 Å². The number of hydrogen-bond donors (Lipinski definition) is 0. The van der Waals surface area contributed by atoms with Gasteiger partial charge in [0.15, 0.2) is 5.82 Å². The minimum absolute atomic E-state index is 0.240. The zero-order valence-electron chi connectivity index (χ0n) is 9.91. The van der Waals surface area contributed by atoms with Crippen LogP contribution >= 0.6 is 0 Å². The Bertz CT molecular complexity index is 469. The summed E-state index contributed by atoms with van der Waals surface area (Å²) in [6.07, 6.45) is 2.74. The highest BCUT2D eigenvalue weighted by atomic mass is 32.2. The lowest BCUT2D eigenvalue weighted by atomic mass is 10.3. The van der Waals surface area contributed by atoms with Gasteiger partial charge < -0.3 is 0 Å². The molecule has 1 saturated heterocycles. The minimum atomic E-state index is -3.08. The number of tetrazole rings is 1. The van der Waals surface area contributed by atoms with Gasteiger partial charge in [0.25, 0.3) is 0 Å². The summed E-state index contributed by atoms with van der Waals surface area (Å²) in [7, 11) is -3.08. The van der Waals surface area contributed by atoms with Crippen LogP contribution in [0.25, 0.3) is 0 Å².